The topological polar surface area (TPSA) is 126 Å². The van der Waals surface area contributed by atoms with E-state index < -0.39 is 15.7 Å². The quantitative estimate of drug-likeness (QED) is 0.693. The Bertz CT molecular complexity index is 1230. The van der Waals surface area contributed by atoms with Gasteiger partial charge in [-0.1, -0.05) is 17.7 Å². The summed E-state index contributed by atoms with van der Waals surface area (Å²) in [5.74, 6) is -0.746. The number of pyridine rings is 1. The SMILES string of the molecule is CS(=O)(=O)c1cc(Cl)cc2c(Nc3cccc(C#N)c3)c(C(N)=O)cnc12. The van der Waals surface area contributed by atoms with E-state index in [0.29, 0.717) is 16.6 Å². The maximum atomic E-state index is 12.1. The first-order chi connectivity index (χ1) is 12.7. The molecule has 7 nitrogen and oxygen atoms in total. The van der Waals surface area contributed by atoms with Crippen molar-refractivity contribution in [2.45, 2.75) is 4.90 Å². The van der Waals surface area contributed by atoms with Crippen molar-refractivity contribution in [2.75, 3.05) is 11.6 Å². The van der Waals surface area contributed by atoms with Crippen LogP contribution in [0.15, 0.2) is 47.5 Å². The number of carbonyl (C=O) groups excluding carboxylic acids is 1. The average molecular weight is 401 g/mol. The number of halogens is 1. The molecule has 27 heavy (non-hydrogen) atoms. The standard InChI is InChI=1S/C18H13ClN4O3S/c1-27(25,26)15-7-11(19)6-13-16(14(18(21)24)9-22-17(13)15)23-12-4-2-3-10(5-12)8-20/h2-7,9H,1H3,(H2,21,24)(H,22,23). The van der Waals surface area contributed by atoms with Crippen molar-refractivity contribution in [3.8, 4) is 6.07 Å². The summed E-state index contributed by atoms with van der Waals surface area (Å²) in [5, 5.41) is 12.6. The Hall–Kier alpha value is -3.15. The van der Waals surface area contributed by atoms with Crippen LogP contribution >= 0.6 is 11.6 Å². The number of nitrogens with two attached hydrogens (primary N) is 1. The summed E-state index contributed by atoms with van der Waals surface area (Å²) in [6.07, 6.45) is 2.26. The molecule has 0 atom stereocenters. The summed E-state index contributed by atoms with van der Waals surface area (Å²) in [5.41, 5.74) is 6.86. The molecule has 3 aromatic rings. The van der Waals surface area contributed by atoms with Gasteiger partial charge in [0.25, 0.3) is 5.91 Å². The molecule has 0 unspecified atom stereocenters. The number of hydrogen-bond acceptors (Lipinski definition) is 6. The largest absolute Gasteiger partial charge is 0.365 e. The van der Waals surface area contributed by atoms with E-state index in [1.807, 2.05) is 6.07 Å². The minimum absolute atomic E-state index is 0.0603. The number of nitriles is 1. The molecule has 2 aromatic carbocycles. The third-order valence-corrected chi connectivity index (χ3v) is 5.16. The number of nitrogens with one attached hydrogen (secondary N) is 1. The lowest BCUT2D eigenvalue weighted by atomic mass is 10.1. The van der Waals surface area contributed by atoms with Gasteiger partial charge in [0, 0.05) is 28.5 Å². The lowest BCUT2D eigenvalue weighted by Crippen LogP contribution is -2.14. The molecular formula is C18H13ClN4O3S. The Labute approximate surface area is 160 Å². The Balaban J connectivity index is 2.34. The molecule has 1 aromatic heterocycles. The zero-order valence-corrected chi connectivity index (χ0v) is 15.6. The van der Waals surface area contributed by atoms with Crippen molar-refractivity contribution in [3.05, 3.63) is 58.7 Å². The van der Waals surface area contributed by atoms with Gasteiger partial charge in [-0.2, -0.15) is 5.26 Å². The molecule has 0 aliphatic carbocycles. The molecule has 3 N–H and O–H groups in total. The van der Waals surface area contributed by atoms with Crippen molar-refractivity contribution < 1.29 is 13.2 Å². The number of primary amides is 1. The fraction of sp³-hybridized carbons (Fsp3) is 0.0556. The lowest BCUT2D eigenvalue weighted by molar-refractivity contribution is 0.100. The maximum absolute atomic E-state index is 12.1. The van der Waals surface area contributed by atoms with Crippen LogP contribution in [0.25, 0.3) is 10.9 Å². The van der Waals surface area contributed by atoms with Gasteiger partial charge < -0.3 is 11.1 Å². The van der Waals surface area contributed by atoms with Crippen LogP contribution in [-0.2, 0) is 9.84 Å². The molecule has 0 bridgehead atoms. The van der Waals surface area contributed by atoms with E-state index >= 15 is 0 Å². The molecule has 0 spiro atoms. The fourth-order valence-corrected chi connectivity index (χ4v) is 3.79. The van der Waals surface area contributed by atoms with Gasteiger partial charge in [0.2, 0.25) is 0 Å². The Morgan fingerprint density at radius 3 is 2.67 bits per heavy atom. The van der Waals surface area contributed by atoms with Crippen molar-refractivity contribution in [1.82, 2.24) is 4.98 Å². The van der Waals surface area contributed by atoms with Gasteiger partial charge in [-0.25, -0.2) is 8.42 Å². The average Bonchev–Trinajstić information content (AvgIpc) is 2.60. The number of fused-ring (bicyclic) bond motifs is 1. The molecule has 0 radical (unpaired) electrons. The Kier molecular flexibility index (Phi) is 4.74. The summed E-state index contributed by atoms with van der Waals surface area (Å²) in [4.78, 5) is 15.9. The minimum atomic E-state index is -3.62. The van der Waals surface area contributed by atoms with E-state index in [-0.39, 0.29) is 26.7 Å². The summed E-state index contributed by atoms with van der Waals surface area (Å²) in [6.45, 7) is 0. The number of sulfone groups is 1. The number of amides is 1. The van der Waals surface area contributed by atoms with E-state index in [4.69, 9.17) is 22.6 Å². The number of hydrogen-bond donors (Lipinski definition) is 2. The van der Waals surface area contributed by atoms with E-state index in [2.05, 4.69) is 10.3 Å². The van der Waals surface area contributed by atoms with Crippen molar-refractivity contribution in [1.29, 1.82) is 5.26 Å². The Morgan fingerprint density at radius 1 is 1.30 bits per heavy atom. The van der Waals surface area contributed by atoms with E-state index in [0.717, 1.165) is 6.26 Å². The molecular weight excluding hydrogens is 388 g/mol. The second kappa shape index (κ2) is 6.87. The van der Waals surface area contributed by atoms with E-state index in [9.17, 15) is 13.2 Å². The maximum Gasteiger partial charge on any atom is 0.252 e. The first kappa shape index (κ1) is 18.6. The second-order valence-corrected chi connectivity index (χ2v) is 8.22. The zero-order chi connectivity index (χ0) is 19.8. The van der Waals surface area contributed by atoms with Crippen LogP contribution in [0.2, 0.25) is 5.02 Å². The third-order valence-electron chi connectivity index (χ3n) is 3.83. The summed E-state index contributed by atoms with van der Waals surface area (Å²) < 4.78 is 24.2. The molecule has 0 saturated carbocycles. The molecule has 1 amide bonds. The summed E-state index contributed by atoms with van der Waals surface area (Å²) in [6, 6.07) is 11.4. The van der Waals surface area contributed by atoms with Gasteiger partial charge in [0.05, 0.1) is 33.3 Å². The van der Waals surface area contributed by atoms with Gasteiger partial charge in [-0.05, 0) is 30.3 Å². The summed E-state index contributed by atoms with van der Waals surface area (Å²) in [7, 11) is -3.62. The highest BCUT2D eigenvalue weighted by Gasteiger charge is 2.20. The van der Waals surface area contributed by atoms with Crippen LogP contribution in [0.3, 0.4) is 0 Å². The highest BCUT2D eigenvalue weighted by molar-refractivity contribution is 7.91. The lowest BCUT2D eigenvalue weighted by Gasteiger charge is -2.15. The number of rotatable bonds is 4. The van der Waals surface area contributed by atoms with Gasteiger partial charge >= 0.3 is 0 Å². The molecule has 1 heterocycles. The molecule has 0 aliphatic heterocycles. The van der Waals surface area contributed by atoms with Crippen molar-refractivity contribution >= 4 is 49.6 Å². The van der Waals surface area contributed by atoms with Crippen molar-refractivity contribution in [2.24, 2.45) is 5.73 Å². The number of anilines is 2. The van der Waals surface area contributed by atoms with Crippen molar-refractivity contribution in [3.63, 3.8) is 0 Å². The monoisotopic (exact) mass is 400 g/mol. The van der Waals surface area contributed by atoms with Crippen LogP contribution in [0.4, 0.5) is 11.4 Å². The van der Waals surface area contributed by atoms with E-state index in [1.54, 1.807) is 24.3 Å². The molecule has 136 valence electrons. The van der Waals surface area contributed by atoms with Crippen LogP contribution in [0.5, 0.6) is 0 Å². The van der Waals surface area contributed by atoms with Crippen LogP contribution in [0, 0.1) is 11.3 Å². The smallest absolute Gasteiger partial charge is 0.252 e. The first-order valence-corrected chi connectivity index (χ1v) is 9.87. The predicted octanol–water partition coefficient (Wildman–Crippen LogP) is 3.01. The molecule has 0 fully saturated rings. The Morgan fingerprint density at radius 2 is 2.04 bits per heavy atom. The first-order valence-electron chi connectivity index (χ1n) is 7.60. The predicted molar refractivity (Wildman–Crippen MR) is 103 cm³/mol. The van der Waals surface area contributed by atoms with Gasteiger partial charge in [-0.15, -0.1) is 0 Å². The number of nitrogens with zero attached hydrogens (tertiary/aromatic N) is 2. The number of carbonyl (C=O) groups is 1. The van der Waals surface area contributed by atoms with Gasteiger partial charge in [0.1, 0.15) is 0 Å². The zero-order valence-electron chi connectivity index (χ0n) is 14.0. The highest BCUT2D eigenvalue weighted by Crippen LogP contribution is 2.34. The van der Waals surface area contributed by atoms with Gasteiger partial charge in [-0.3, -0.25) is 9.78 Å². The fourth-order valence-electron chi connectivity index (χ4n) is 2.65. The summed E-state index contributed by atoms with van der Waals surface area (Å²) >= 11 is 6.11. The minimum Gasteiger partial charge on any atom is -0.365 e. The molecule has 0 saturated heterocycles. The van der Waals surface area contributed by atoms with Crippen LogP contribution in [0.1, 0.15) is 15.9 Å². The third kappa shape index (κ3) is 3.69. The van der Waals surface area contributed by atoms with E-state index in [1.165, 1.54) is 18.3 Å². The normalized spacial score (nSPS) is 11.1. The molecule has 0 aliphatic rings. The van der Waals surface area contributed by atoms with Crippen LogP contribution < -0.4 is 11.1 Å². The van der Waals surface area contributed by atoms with Gasteiger partial charge in [0.15, 0.2) is 9.84 Å². The second-order valence-electron chi connectivity index (χ2n) is 5.80. The molecule has 3 rings (SSSR count). The number of benzene rings is 2. The highest BCUT2D eigenvalue weighted by atomic mass is 35.5. The molecule has 9 heteroatoms. The van der Waals surface area contributed by atoms with Crippen LogP contribution in [-0.4, -0.2) is 25.6 Å². The number of aromatic nitrogens is 1.